The third kappa shape index (κ3) is 2.16. The smallest absolute Gasteiger partial charge is 0.251 e. The first-order chi connectivity index (χ1) is 6.49. The molecule has 1 aromatic rings. The Morgan fingerprint density at radius 1 is 1.50 bits per heavy atom. The van der Waals surface area contributed by atoms with E-state index in [1.165, 1.54) is 25.3 Å². The Morgan fingerprint density at radius 2 is 2.14 bits per heavy atom. The lowest BCUT2D eigenvalue weighted by atomic mass is 10.3. The Hall–Kier alpha value is -1.25. The first-order valence-electron chi connectivity index (χ1n) is 3.49. The number of nitrogens with zero attached hydrogens (tertiary/aromatic N) is 1. The van der Waals surface area contributed by atoms with Gasteiger partial charge in [0, 0.05) is 10.7 Å². The Balaban J connectivity index is 3.43. The van der Waals surface area contributed by atoms with E-state index in [4.69, 9.17) is 22.0 Å². The number of rotatable bonds is 2. The average Bonchev–Trinajstić information content (AvgIpc) is 2.15. The molecule has 0 heterocycles. The second-order valence-corrected chi connectivity index (χ2v) is 4.92. The van der Waals surface area contributed by atoms with Crippen LogP contribution in [0.3, 0.4) is 0 Å². The summed E-state index contributed by atoms with van der Waals surface area (Å²) in [6.07, 6.45) is 0. The van der Waals surface area contributed by atoms with Gasteiger partial charge in [0.1, 0.15) is 5.75 Å². The molecule has 0 aliphatic rings. The van der Waals surface area contributed by atoms with Gasteiger partial charge in [-0.15, -0.1) is 0 Å². The third-order valence-electron chi connectivity index (χ3n) is 1.55. The van der Waals surface area contributed by atoms with Crippen LogP contribution in [-0.2, 0) is 9.05 Å². The molecule has 0 radical (unpaired) electrons. The Bertz CT molecular complexity index is 490. The maximum absolute atomic E-state index is 11.0. The van der Waals surface area contributed by atoms with Gasteiger partial charge in [-0.2, -0.15) is 0 Å². The lowest BCUT2D eigenvalue weighted by molar-refractivity contribution is 0.415. The Kier molecular flexibility index (Phi) is 2.99. The average molecular weight is 232 g/mol. The van der Waals surface area contributed by atoms with Crippen molar-refractivity contribution in [2.75, 3.05) is 7.11 Å². The van der Waals surface area contributed by atoms with E-state index in [2.05, 4.69) is 4.85 Å². The molecular weight excluding hydrogens is 226 g/mol. The molecule has 0 aliphatic carbocycles. The summed E-state index contributed by atoms with van der Waals surface area (Å²) in [6.45, 7) is 6.78. The minimum Gasteiger partial charge on any atom is -0.498 e. The molecule has 0 fully saturated rings. The molecule has 0 spiro atoms. The van der Waals surface area contributed by atoms with Crippen molar-refractivity contribution < 1.29 is 13.2 Å². The van der Waals surface area contributed by atoms with E-state index in [0.29, 0.717) is 5.75 Å². The normalized spacial score (nSPS) is 10.6. The molecule has 0 atom stereocenters. The molecule has 6 heteroatoms. The van der Waals surface area contributed by atoms with Crippen LogP contribution in [0, 0.1) is 6.57 Å². The lowest BCUT2D eigenvalue weighted by Crippen LogP contribution is -1.91. The van der Waals surface area contributed by atoms with Gasteiger partial charge in [-0.1, -0.05) is 0 Å². The zero-order chi connectivity index (χ0) is 10.8. The van der Waals surface area contributed by atoms with Gasteiger partial charge in [0.15, 0.2) is 0 Å². The summed E-state index contributed by atoms with van der Waals surface area (Å²) in [5, 5.41) is 0. The largest absolute Gasteiger partial charge is 0.498 e. The molecule has 0 saturated carbocycles. The number of methoxy groups -OCH3 is 1. The molecule has 0 N–H and O–H groups in total. The fourth-order valence-electron chi connectivity index (χ4n) is 0.918. The van der Waals surface area contributed by atoms with Crippen LogP contribution in [0.25, 0.3) is 4.85 Å². The summed E-state index contributed by atoms with van der Waals surface area (Å²) in [4.78, 5) is 2.85. The Labute approximate surface area is 86.3 Å². The molecule has 0 amide bonds. The van der Waals surface area contributed by atoms with Crippen molar-refractivity contribution in [2.24, 2.45) is 0 Å². The minimum absolute atomic E-state index is 0.0423. The van der Waals surface area contributed by atoms with E-state index in [0.717, 1.165) is 0 Å². The van der Waals surface area contributed by atoms with Gasteiger partial charge in [0.05, 0.1) is 18.6 Å². The van der Waals surface area contributed by atoms with Gasteiger partial charge in [0.2, 0.25) is 5.69 Å². The van der Waals surface area contributed by atoms with E-state index in [1.54, 1.807) is 0 Å². The van der Waals surface area contributed by atoms with Crippen molar-refractivity contribution in [1.82, 2.24) is 0 Å². The van der Waals surface area contributed by atoms with Crippen LogP contribution in [0.4, 0.5) is 5.69 Å². The van der Waals surface area contributed by atoms with Crippen molar-refractivity contribution in [2.45, 2.75) is 4.90 Å². The fraction of sp³-hybridized carbons (Fsp3) is 0.125. The summed E-state index contributed by atoms with van der Waals surface area (Å²) in [6, 6.07) is 4.00. The molecule has 0 bridgehead atoms. The van der Waals surface area contributed by atoms with Gasteiger partial charge in [0.25, 0.3) is 9.05 Å². The molecule has 4 nitrogen and oxygen atoms in total. The van der Waals surface area contributed by atoms with Crippen LogP contribution >= 0.6 is 10.7 Å². The first kappa shape index (κ1) is 10.8. The zero-order valence-electron chi connectivity index (χ0n) is 7.19. The first-order valence-corrected chi connectivity index (χ1v) is 5.80. The lowest BCUT2D eigenvalue weighted by Gasteiger charge is -2.02. The van der Waals surface area contributed by atoms with Crippen molar-refractivity contribution in [3.8, 4) is 5.75 Å². The van der Waals surface area contributed by atoms with Crippen LogP contribution < -0.4 is 4.74 Å². The summed E-state index contributed by atoms with van der Waals surface area (Å²) < 4.78 is 26.8. The Morgan fingerprint density at radius 3 is 2.57 bits per heavy atom. The van der Waals surface area contributed by atoms with Crippen LogP contribution in [0.2, 0.25) is 0 Å². The van der Waals surface area contributed by atoms with E-state index in [1.807, 2.05) is 0 Å². The maximum atomic E-state index is 11.0. The number of hydrogen-bond acceptors (Lipinski definition) is 3. The van der Waals surface area contributed by atoms with Crippen molar-refractivity contribution in [1.29, 1.82) is 0 Å². The van der Waals surface area contributed by atoms with Crippen molar-refractivity contribution in [3.63, 3.8) is 0 Å². The van der Waals surface area contributed by atoms with E-state index in [-0.39, 0.29) is 10.6 Å². The van der Waals surface area contributed by atoms with Gasteiger partial charge >= 0.3 is 0 Å². The van der Waals surface area contributed by atoms with Gasteiger partial charge in [-0.25, -0.2) is 13.3 Å². The second-order valence-electron chi connectivity index (χ2n) is 2.38. The van der Waals surface area contributed by atoms with Crippen LogP contribution in [0.1, 0.15) is 0 Å². The highest BCUT2D eigenvalue weighted by molar-refractivity contribution is 8.13. The minimum atomic E-state index is -3.87. The molecule has 0 aliphatic heterocycles. The highest BCUT2D eigenvalue weighted by Crippen LogP contribution is 2.30. The summed E-state index contributed by atoms with van der Waals surface area (Å²) in [5.74, 6) is 0.417. The van der Waals surface area contributed by atoms with Crippen molar-refractivity contribution >= 4 is 25.4 Å². The van der Waals surface area contributed by atoms with Crippen LogP contribution in [0.15, 0.2) is 23.1 Å². The maximum Gasteiger partial charge on any atom is 0.251 e. The standard InChI is InChI=1S/C8H6ClNO3S/c1-10-7-5-6(13-2)3-4-8(7)14(9,11)12/h3-5H,2H3. The van der Waals surface area contributed by atoms with E-state index >= 15 is 0 Å². The highest BCUT2D eigenvalue weighted by Gasteiger charge is 2.16. The molecule has 14 heavy (non-hydrogen) atoms. The molecular formula is C8H6ClNO3S. The monoisotopic (exact) mass is 231 g/mol. The predicted octanol–water partition coefficient (Wildman–Crippen LogP) is 2.17. The molecule has 1 aromatic carbocycles. The predicted molar refractivity (Wildman–Crippen MR) is 52.3 cm³/mol. The molecule has 74 valence electrons. The van der Waals surface area contributed by atoms with E-state index in [9.17, 15) is 8.42 Å². The summed E-state index contributed by atoms with van der Waals surface area (Å²) >= 11 is 0. The van der Waals surface area contributed by atoms with Gasteiger partial charge in [-0.05, 0) is 18.2 Å². The molecule has 1 rings (SSSR count). The number of hydrogen-bond donors (Lipinski definition) is 0. The van der Waals surface area contributed by atoms with E-state index < -0.39 is 9.05 Å². The van der Waals surface area contributed by atoms with Crippen molar-refractivity contribution in [3.05, 3.63) is 29.6 Å². The van der Waals surface area contributed by atoms with Crippen LogP contribution in [0.5, 0.6) is 5.75 Å². The highest BCUT2D eigenvalue weighted by atomic mass is 35.7. The number of ether oxygens (including phenoxy) is 1. The van der Waals surface area contributed by atoms with Crippen LogP contribution in [-0.4, -0.2) is 15.5 Å². The summed E-state index contributed by atoms with van der Waals surface area (Å²) in [7, 11) is 2.69. The third-order valence-corrected chi connectivity index (χ3v) is 2.92. The summed E-state index contributed by atoms with van der Waals surface area (Å²) in [5.41, 5.74) is -0.0423. The molecule has 0 unspecified atom stereocenters. The molecule has 0 aromatic heterocycles. The second kappa shape index (κ2) is 3.86. The number of halogens is 1. The fourth-order valence-corrected chi connectivity index (χ4v) is 1.89. The SMILES string of the molecule is [C-]#[N+]c1cc(OC)ccc1S(=O)(=O)Cl. The zero-order valence-corrected chi connectivity index (χ0v) is 8.76. The van der Waals surface area contributed by atoms with Gasteiger partial charge in [-0.3, -0.25) is 0 Å². The van der Waals surface area contributed by atoms with Gasteiger partial charge < -0.3 is 4.74 Å². The number of benzene rings is 1. The quantitative estimate of drug-likeness (QED) is 0.579. The topological polar surface area (TPSA) is 47.7 Å². The molecule has 0 saturated heterocycles.